The molecule has 0 radical (unpaired) electrons. The third kappa shape index (κ3) is 4.23. The van der Waals surface area contributed by atoms with E-state index in [1.807, 2.05) is 19.1 Å². The molecule has 114 valence electrons. The van der Waals surface area contributed by atoms with Crippen molar-refractivity contribution in [1.29, 1.82) is 0 Å². The Labute approximate surface area is 126 Å². The van der Waals surface area contributed by atoms with Crippen LogP contribution in [-0.4, -0.2) is 25.4 Å². The van der Waals surface area contributed by atoms with Gasteiger partial charge in [0.25, 0.3) is 0 Å². The van der Waals surface area contributed by atoms with Gasteiger partial charge in [-0.05, 0) is 37.5 Å². The molecule has 1 aliphatic rings. The lowest BCUT2D eigenvalue weighted by atomic mass is 10.1. The van der Waals surface area contributed by atoms with Gasteiger partial charge in [0.2, 0.25) is 10.0 Å². The average Bonchev–Trinajstić information content (AvgIpc) is 2.97. The van der Waals surface area contributed by atoms with Crippen LogP contribution in [-0.2, 0) is 10.0 Å². The van der Waals surface area contributed by atoms with E-state index in [0.717, 1.165) is 36.8 Å². The molecule has 21 heavy (non-hydrogen) atoms. The van der Waals surface area contributed by atoms with Gasteiger partial charge in [-0.25, -0.2) is 8.42 Å². The molecule has 0 aromatic heterocycles. The SMILES string of the molecule is Cc1ccc(C#CCCO)cc1NS(=O)(=O)C1CCCC1. The zero-order valence-electron chi connectivity index (χ0n) is 12.2. The molecule has 1 aromatic carbocycles. The summed E-state index contributed by atoms with van der Waals surface area (Å²) >= 11 is 0. The number of hydrogen-bond acceptors (Lipinski definition) is 3. The van der Waals surface area contributed by atoms with Crippen molar-refractivity contribution in [2.24, 2.45) is 0 Å². The summed E-state index contributed by atoms with van der Waals surface area (Å²) in [7, 11) is -3.32. The van der Waals surface area contributed by atoms with E-state index in [2.05, 4.69) is 16.6 Å². The third-order valence-electron chi connectivity index (χ3n) is 3.70. The highest BCUT2D eigenvalue weighted by Gasteiger charge is 2.28. The minimum Gasteiger partial charge on any atom is -0.395 e. The number of aliphatic hydroxyl groups is 1. The maximum absolute atomic E-state index is 12.3. The van der Waals surface area contributed by atoms with Crippen LogP contribution in [0.4, 0.5) is 5.69 Å². The molecule has 0 spiro atoms. The van der Waals surface area contributed by atoms with Gasteiger partial charge in [0.1, 0.15) is 0 Å². The van der Waals surface area contributed by atoms with Crippen LogP contribution in [0.5, 0.6) is 0 Å². The lowest BCUT2D eigenvalue weighted by molar-refractivity contribution is 0.305. The smallest absolute Gasteiger partial charge is 0.235 e. The Hall–Kier alpha value is -1.51. The molecule has 0 saturated heterocycles. The fourth-order valence-electron chi connectivity index (χ4n) is 2.47. The zero-order chi connectivity index (χ0) is 15.3. The molecular weight excluding hydrogens is 286 g/mol. The molecule has 0 bridgehead atoms. The van der Waals surface area contributed by atoms with E-state index in [-0.39, 0.29) is 11.9 Å². The molecule has 0 heterocycles. The first kappa shape index (κ1) is 15.9. The summed E-state index contributed by atoms with van der Waals surface area (Å²) in [6.45, 7) is 1.90. The van der Waals surface area contributed by atoms with E-state index in [1.54, 1.807) is 6.07 Å². The predicted octanol–water partition coefficient (Wildman–Crippen LogP) is 2.41. The summed E-state index contributed by atoms with van der Waals surface area (Å²) in [5.41, 5.74) is 2.22. The number of aryl methyl sites for hydroxylation is 1. The monoisotopic (exact) mass is 307 g/mol. The van der Waals surface area contributed by atoms with E-state index in [4.69, 9.17) is 5.11 Å². The molecule has 2 rings (SSSR count). The predicted molar refractivity (Wildman–Crippen MR) is 84.6 cm³/mol. The maximum atomic E-state index is 12.3. The van der Waals surface area contributed by atoms with Gasteiger partial charge in [0.15, 0.2) is 0 Å². The van der Waals surface area contributed by atoms with Crippen LogP contribution < -0.4 is 4.72 Å². The molecule has 5 heteroatoms. The second-order valence-electron chi connectivity index (χ2n) is 5.36. The number of sulfonamides is 1. The van der Waals surface area contributed by atoms with Crippen molar-refractivity contribution in [2.75, 3.05) is 11.3 Å². The number of benzene rings is 1. The van der Waals surface area contributed by atoms with Crippen molar-refractivity contribution >= 4 is 15.7 Å². The van der Waals surface area contributed by atoms with Crippen molar-refractivity contribution in [3.63, 3.8) is 0 Å². The molecule has 0 aliphatic heterocycles. The van der Waals surface area contributed by atoms with Crippen LogP contribution in [0.15, 0.2) is 18.2 Å². The maximum Gasteiger partial charge on any atom is 0.235 e. The first-order valence-electron chi connectivity index (χ1n) is 7.25. The van der Waals surface area contributed by atoms with Crippen molar-refractivity contribution in [2.45, 2.75) is 44.3 Å². The first-order chi connectivity index (χ1) is 10.0. The highest BCUT2D eigenvalue weighted by molar-refractivity contribution is 7.93. The Morgan fingerprint density at radius 2 is 2.05 bits per heavy atom. The van der Waals surface area contributed by atoms with E-state index in [9.17, 15) is 8.42 Å². The number of anilines is 1. The molecule has 0 atom stereocenters. The van der Waals surface area contributed by atoms with Crippen molar-refractivity contribution in [3.8, 4) is 11.8 Å². The standard InChI is InChI=1S/C16H21NO3S/c1-13-9-10-14(6-4-5-11-18)12-16(13)17-21(19,20)15-7-2-3-8-15/h9-10,12,15,17-18H,2-3,5,7-8,11H2,1H3. The minimum absolute atomic E-state index is 0.0278. The van der Waals surface area contributed by atoms with Crippen molar-refractivity contribution in [3.05, 3.63) is 29.3 Å². The number of hydrogen-bond donors (Lipinski definition) is 2. The van der Waals surface area contributed by atoms with Crippen LogP contribution in [0.2, 0.25) is 0 Å². The average molecular weight is 307 g/mol. The Morgan fingerprint density at radius 1 is 1.33 bits per heavy atom. The Kier molecular flexibility index (Phi) is 5.27. The zero-order valence-corrected chi connectivity index (χ0v) is 13.0. The van der Waals surface area contributed by atoms with Crippen molar-refractivity contribution < 1.29 is 13.5 Å². The fourth-order valence-corrected chi connectivity index (χ4v) is 4.11. The van der Waals surface area contributed by atoms with Gasteiger partial charge in [0, 0.05) is 12.0 Å². The molecule has 4 nitrogen and oxygen atoms in total. The fraction of sp³-hybridized carbons (Fsp3) is 0.500. The first-order valence-corrected chi connectivity index (χ1v) is 8.79. The van der Waals surface area contributed by atoms with Crippen molar-refractivity contribution in [1.82, 2.24) is 0 Å². The molecule has 2 N–H and O–H groups in total. The second kappa shape index (κ2) is 6.97. The topological polar surface area (TPSA) is 66.4 Å². The minimum atomic E-state index is -3.32. The van der Waals surface area contributed by atoms with Crippen LogP contribution in [0.3, 0.4) is 0 Å². The Balaban J connectivity index is 2.19. The van der Waals surface area contributed by atoms with Gasteiger partial charge in [-0.3, -0.25) is 4.72 Å². The largest absolute Gasteiger partial charge is 0.395 e. The van der Waals surface area contributed by atoms with Crippen LogP contribution in [0, 0.1) is 18.8 Å². The highest BCUT2D eigenvalue weighted by Crippen LogP contribution is 2.27. The molecule has 1 fully saturated rings. The van der Waals surface area contributed by atoms with Crippen LogP contribution >= 0.6 is 0 Å². The normalized spacial score (nSPS) is 15.5. The molecular formula is C16H21NO3S. The summed E-state index contributed by atoms with van der Waals surface area (Å²) in [6.07, 6.45) is 3.86. The van der Waals surface area contributed by atoms with Gasteiger partial charge in [-0.15, -0.1) is 0 Å². The molecule has 0 amide bonds. The van der Waals surface area contributed by atoms with E-state index in [1.165, 1.54) is 0 Å². The molecule has 0 unspecified atom stereocenters. The van der Waals surface area contributed by atoms with Gasteiger partial charge in [-0.1, -0.05) is 30.7 Å². The van der Waals surface area contributed by atoms with Crippen LogP contribution in [0.25, 0.3) is 0 Å². The second-order valence-corrected chi connectivity index (χ2v) is 7.32. The third-order valence-corrected chi connectivity index (χ3v) is 5.55. The Morgan fingerprint density at radius 3 is 2.71 bits per heavy atom. The molecule has 1 saturated carbocycles. The summed E-state index contributed by atoms with van der Waals surface area (Å²) in [6, 6.07) is 5.47. The summed E-state index contributed by atoms with van der Waals surface area (Å²) in [5, 5.41) is 8.45. The summed E-state index contributed by atoms with van der Waals surface area (Å²) in [5.74, 6) is 5.76. The lowest BCUT2D eigenvalue weighted by Crippen LogP contribution is -2.25. The number of rotatable bonds is 4. The molecule has 1 aromatic rings. The van der Waals surface area contributed by atoms with Gasteiger partial charge in [-0.2, -0.15) is 0 Å². The summed E-state index contributed by atoms with van der Waals surface area (Å²) < 4.78 is 27.4. The lowest BCUT2D eigenvalue weighted by Gasteiger charge is -2.15. The van der Waals surface area contributed by atoms with E-state index >= 15 is 0 Å². The van der Waals surface area contributed by atoms with Crippen LogP contribution in [0.1, 0.15) is 43.2 Å². The van der Waals surface area contributed by atoms with E-state index in [0.29, 0.717) is 12.1 Å². The van der Waals surface area contributed by atoms with E-state index < -0.39 is 10.0 Å². The number of aliphatic hydroxyl groups excluding tert-OH is 1. The summed E-state index contributed by atoms with van der Waals surface area (Å²) in [4.78, 5) is 0. The quantitative estimate of drug-likeness (QED) is 0.840. The van der Waals surface area contributed by atoms with Gasteiger partial charge < -0.3 is 5.11 Å². The Bertz CT molecular complexity index is 650. The number of nitrogens with one attached hydrogen (secondary N) is 1. The van der Waals surface area contributed by atoms with Gasteiger partial charge >= 0.3 is 0 Å². The highest BCUT2D eigenvalue weighted by atomic mass is 32.2. The van der Waals surface area contributed by atoms with Gasteiger partial charge in [0.05, 0.1) is 17.5 Å². The molecule has 1 aliphatic carbocycles.